The summed E-state index contributed by atoms with van der Waals surface area (Å²) in [5, 5.41) is 2.29. The van der Waals surface area contributed by atoms with Crippen LogP contribution in [0.15, 0.2) is 0 Å². The number of carbonyl (C=O) groups is 1. The Kier molecular flexibility index (Phi) is 5.25. The summed E-state index contributed by atoms with van der Waals surface area (Å²) in [6.45, 7) is 3.27. The number of hydrogen-bond acceptors (Lipinski definition) is 2. The third-order valence-corrected chi connectivity index (χ3v) is 2.26. The molecular weight excluding hydrogens is 178 g/mol. The van der Waals surface area contributed by atoms with Crippen LogP contribution < -0.4 is 17.7 Å². The van der Waals surface area contributed by atoms with Crippen LogP contribution in [0.25, 0.3) is 0 Å². The summed E-state index contributed by atoms with van der Waals surface area (Å²) in [5.41, 5.74) is 0. The lowest BCUT2D eigenvalue weighted by atomic mass is 10.0. The number of quaternary nitrogens is 1. The molecule has 12 heavy (non-hydrogen) atoms. The van der Waals surface area contributed by atoms with Gasteiger partial charge in [0.1, 0.15) is 0 Å². The maximum atomic E-state index is 10.8. The van der Waals surface area contributed by atoms with Crippen LogP contribution in [0.1, 0.15) is 19.8 Å². The highest BCUT2D eigenvalue weighted by Crippen LogP contribution is 2.12. The zero-order valence-electron chi connectivity index (χ0n) is 7.55. The van der Waals surface area contributed by atoms with Gasteiger partial charge in [0.15, 0.2) is 0 Å². The Labute approximate surface area is 79.3 Å². The molecule has 0 saturated carbocycles. The molecule has 1 aliphatic rings. The van der Waals surface area contributed by atoms with Crippen LogP contribution in [0.3, 0.4) is 0 Å². The number of ether oxygens (including phenoxy) is 1. The van der Waals surface area contributed by atoms with Crippen LogP contribution in [0, 0.1) is 5.92 Å². The van der Waals surface area contributed by atoms with Crippen molar-refractivity contribution in [1.29, 1.82) is 0 Å². The summed E-state index contributed by atoms with van der Waals surface area (Å²) in [7, 11) is 1.45. The standard InChI is InChI=1S/C8H15NO2.ClH/c1-6-3-7(5-9-6)4-8(10)11-2;/h6-7,9H,3-5H2,1-2H3;1H. The van der Waals surface area contributed by atoms with E-state index < -0.39 is 0 Å². The Bertz CT molecular complexity index is 152. The molecule has 0 aromatic rings. The predicted octanol–water partition coefficient (Wildman–Crippen LogP) is -3.47. The van der Waals surface area contributed by atoms with Gasteiger partial charge in [-0.1, -0.05) is 0 Å². The van der Waals surface area contributed by atoms with E-state index in [1.54, 1.807) is 0 Å². The lowest BCUT2D eigenvalue weighted by Crippen LogP contribution is -3.00. The largest absolute Gasteiger partial charge is 1.00 e. The second-order valence-electron chi connectivity index (χ2n) is 3.33. The Morgan fingerprint density at radius 1 is 1.67 bits per heavy atom. The minimum absolute atomic E-state index is 0. The van der Waals surface area contributed by atoms with E-state index in [4.69, 9.17) is 0 Å². The van der Waals surface area contributed by atoms with Gasteiger partial charge in [0.25, 0.3) is 0 Å². The fourth-order valence-electron chi connectivity index (χ4n) is 1.63. The molecule has 0 amide bonds. The first-order valence-electron chi connectivity index (χ1n) is 4.12. The van der Waals surface area contributed by atoms with Gasteiger partial charge >= 0.3 is 5.97 Å². The van der Waals surface area contributed by atoms with E-state index in [-0.39, 0.29) is 18.4 Å². The van der Waals surface area contributed by atoms with Crippen LogP contribution in [0.2, 0.25) is 0 Å². The molecular formula is C8H16ClNO2. The molecule has 2 atom stereocenters. The monoisotopic (exact) mass is 193 g/mol. The molecule has 1 saturated heterocycles. The van der Waals surface area contributed by atoms with E-state index >= 15 is 0 Å². The van der Waals surface area contributed by atoms with Gasteiger partial charge in [0.05, 0.1) is 26.1 Å². The molecule has 1 fully saturated rings. The molecule has 1 rings (SSSR count). The Balaban J connectivity index is 0.00000121. The van der Waals surface area contributed by atoms with Gasteiger partial charge in [-0.2, -0.15) is 0 Å². The molecule has 1 aliphatic heterocycles. The predicted molar refractivity (Wildman–Crippen MR) is 41.0 cm³/mol. The molecule has 0 aromatic carbocycles. The fraction of sp³-hybridized carbons (Fsp3) is 0.875. The molecule has 1 heterocycles. The normalized spacial score (nSPS) is 27.8. The lowest BCUT2D eigenvalue weighted by Gasteiger charge is -2.02. The number of esters is 1. The van der Waals surface area contributed by atoms with Crippen molar-refractivity contribution in [2.45, 2.75) is 25.8 Å². The van der Waals surface area contributed by atoms with E-state index in [1.807, 2.05) is 0 Å². The van der Waals surface area contributed by atoms with Gasteiger partial charge in [0, 0.05) is 12.3 Å². The highest BCUT2D eigenvalue weighted by atomic mass is 35.5. The average Bonchev–Trinajstić information content (AvgIpc) is 2.35. The van der Waals surface area contributed by atoms with E-state index in [0.29, 0.717) is 18.4 Å². The van der Waals surface area contributed by atoms with Gasteiger partial charge in [-0.3, -0.25) is 4.79 Å². The Morgan fingerprint density at radius 2 is 2.33 bits per heavy atom. The second kappa shape index (κ2) is 5.38. The van der Waals surface area contributed by atoms with Crippen LogP contribution in [0.4, 0.5) is 0 Å². The summed E-state index contributed by atoms with van der Waals surface area (Å²) in [4.78, 5) is 10.8. The van der Waals surface area contributed by atoms with Gasteiger partial charge in [0.2, 0.25) is 0 Å². The van der Waals surface area contributed by atoms with Crippen LogP contribution in [0.5, 0.6) is 0 Å². The van der Waals surface area contributed by atoms with Crippen molar-refractivity contribution >= 4 is 5.97 Å². The third kappa shape index (κ3) is 3.41. The molecule has 72 valence electrons. The summed E-state index contributed by atoms with van der Waals surface area (Å²) in [6, 6.07) is 0.685. The lowest BCUT2D eigenvalue weighted by molar-refractivity contribution is -0.668. The van der Waals surface area contributed by atoms with E-state index in [1.165, 1.54) is 7.11 Å². The van der Waals surface area contributed by atoms with Crippen LogP contribution >= 0.6 is 0 Å². The summed E-state index contributed by atoms with van der Waals surface area (Å²) in [6.07, 6.45) is 1.74. The molecule has 2 N–H and O–H groups in total. The smallest absolute Gasteiger partial charge is 0.306 e. The minimum Gasteiger partial charge on any atom is -1.00 e. The Hall–Kier alpha value is -0.280. The fourth-order valence-corrected chi connectivity index (χ4v) is 1.63. The maximum Gasteiger partial charge on any atom is 0.306 e. The summed E-state index contributed by atoms with van der Waals surface area (Å²) >= 11 is 0. The highest BCUT2D eigenvalue weighted by Gasteiger charge is 2.26. The number of nitrogens with two attached hydrogens (primary N) is 1. The van der Waals surface area contributed by atoms with Crippen molar-refractivity contribution in [2.24, 2.45) is 5.92 Å². The number of carbonyl (C=O) groups excluding carboxylic acids is 1. The van der Waals surface area contributed by atoms with Gasteiger partial charge < -0.3 is 22.5 Å². The number of hydrogen-bond donors (Lipinski definition) is 1. The van der Waals surface area contributed by atoms with Crippen molar-refractivity contribution in [3.63, 3.8) is 0 Å². The molecule has 0 spiro atoms. The van der Waals surface area contributed by atoms with Crippen molar-refractivity contribution in [2.75, 3.05) is 13.7 Å². The number of methoxy groups -OCH3 is 1. The summed E-state index contributed by atoms with van der Waals surface area (Å²) in [5.74, 6) is 0.468. The second-order valence-corrected chi connectivity index (χ2v) is 3.33. The zero-order chi connectivity index (χ0) is 8.27. The van der Waals surface area contributed by atoms with Gasteiger partial charge in [-0.15, -0.1) is 0 Å². The van der Waals surface area contributed by atoms with Gasteiger partial charge in [-0.05, 0) is 6.92 Å². The molecule has 0 radical (unpaired) electrons. The maximum absolute atomic E-state index is 10.8. The SMILES string of the molecule is COC(=O)CC1C[NH2+]C(C)C1.[Cl-]. The van der Waals surface area contributed by atoms with Gasteiger partial charge in [-0.25, -0.2) is 0 Å². The quantitative estimate of drug-likeness (QED) is 0.463. The topological polar surface area (TPSA) is 42.9 Å². The molecule has 0 aliphatic carbocycles. The average molecular weight is 194 g/mol. The van der Waals surface area contributed by atoms with E-state index in [9.17, 15) is 4.79 Å². The van der Waals surface area contributed by atoms with Crippen LogP contribution in [-0.2, 0) is 9.53 Å². The van der Waals surface area contributed by atoms with Crippen molar-refractivity contribution in [3.8, 4) is 0 Å². The van der Waals surface area contributed by atoms with Crippen molar-refractivity contribution in [1.82, 2.24) is 0 Å². The third-order valence-electron chi connectivity index (χ3n) is 2.26. The van der Waals surface area contributed by atoms with E-state index in [2.05, 4.69) is 17.0 Å². The van der Waals surface area contributed by atoms with Crippen molar-refractivity contribution in [3.05, 3.63) is 0 Å². The Morgan fingerprint density at radius 3 is 2.75 bits per heavy atom. The summed E-state index contributed by atoms with van der Waals surface area (Å²) < 4.78 is 4.59. The molecule has 0 aromatic heterocycles. The molecule has 0 bridgehead atoms. The first kappa shape index (κ1) is 11.7. The minimum atomic E-state index is -0.0718. The first-order chi connectivity index (χ1) is 5.22. The molecule has 2 unspecified atom stereocenters. The highest BCUT2D eigenvalue weighted by molar-refractivity contribution is 5.69. The van der Waals surface area contributed by atoms with Crippen molar-refractivity contribution < 1.29 is 27.3 Å². The number of rotatable bonds is 2. The zero-order valence-corrected chi connectivity index (χ0v) is 8.30. The first-order valence-corrected chi connectivity index (χ1v) is 4.12. The molecule has 3 nitrogen and oxygen atoms in total. The number of halogens is 1. The molecule has 4 heteroatoms. The van der Waals surface area contributed by atoms with E-state index in [0.717, 1.165) is 13.0 Å². The van der Waals surface area contributed by atoms with Crippen LogP contribution in [-0.4, -0.2) is 25.7 Å².